The van der Waals surface area contributed by atoms with Gasteiger partial charge in [-0.25, -0.2) is 19.4 Å². The molecule has 1 aliphatic rings. The first-order valence-electron chi connectivity index (χ1n) is 18.1. The number of hydrogen-bond acceptors (Lipinski definition) is 13. The van der Waals surface area contributed by atoms with Gasteiger partial charge in [-0.15, -0.1) is 16.4 Å². The van der Waals surface area contributed by atoms with Crippen molar-refractivity contribution in [2.24, 2.45) is 0 Å². The van der Waals surface area contributed by atoms with E-state index in [2.05, 4.69) is 56.8 Å². The highest BCUT2D eigenvalue weighted by atomic mass is 32.1. The SMILES string of the molecule is COc1ccc(Cn2nnnc2C=Cc2c(N3CCC[C@@H](OC(=O)NCCCN(C)C)C3)nc3cc(C(=O)Nc4nc(C(C)(C)C)cs4)ccn3c2=O)cc1. The summed E-state index contributed by atoms with van der Waals surface area (Å²) in [7, 11) is 5.58. The molecule has 2 N–H and O–H groups in total. The summed E-state index contributed by atoms with van der Waals surface area (Å²) in [6, 6.07) is 10.8. The fourth-order valence-electron chi connectivity index (χ4n) is 6.02. The number of ether oxygens (including phenoxy) is 2. The highest BCUT2D eigenvalue weighted by molar-refractivity contribution is 7.14. The maximum Gasteiger partial charge on any atom is 0.407 e. The van der Waals surface area contributed by atoms with Gasteiger partial charge in [0, 0.05) is 35.6 Å². The Morgan fingerprint density at radius 2 is 1.91 bits per heavy atom. The number of piperidine rings is 1. The molecule has 1 aliphatic heterocycles. The number of aromatic nitrogens is 7. The van der Waals surface area contributed by atoms with Gasteiger partial charge >= 0.3 is 6.09 Å². The standard InChI is InChI=1S/C38H47N11O5S/c1-38(2,3)30-24-55-36(40-30)42-34(50)26-16-20-48-32(21-26)41-33(47-19-7-9-28(23-47)54-37(52)39-17-8-18-46(4)5)29(35(48)51)14-15-31-43-44-45-49(31)22-25-10-12-27(53-6)13-11-25/h10-16,20-21,24,28H,7-9,17-19,22-23H2,1-6H3,(H,39,52)(H,40,42,50)/t28-/m1/s1. The molecule has 6 rings (SSSR count). The summed E-state index contributed by atoms with van der Waals surface area (Å²) in [6.07, 6.45) is 6.14. The maximum absolute atomic E-state index is 14.3. The fraction of sp³-hybridized carbons (Fsp3) is 0.421. The Hall–Kier alpha value is -5.68. The van der Waals surface area contributed by atoms with Crippen LogP contribution in [0.25, 0.3) is 17.8 Å². The van der Waals surface area contributed by atoms with Gasteiger partial charge in [0.15, 0.2) is 11.0 Å². The van der Waals surface area contributed by atoms with Crippen molar-refractivity contribution in [3.63, 3.8) is 0 Å². The van der Waals surface area contributed by atoms with E-state index in [1.165, 1.54) is 15.7 Å². The molecule has 1 atom stereocenters. The van der Waals surface area contributed by atoms with E-state index < -0.39 is 12.2 Å². The van der Waals surface area contributed by atoms with E-state index in [9.17, 15) is 14.4 Å². The van der Waals surface area contributed by atoms with Gasteiger partial charge in [-0.1, -0.05) is 32.9 Å². The molecule has 0 aliphatic carbocycles. The number of hydrogen-bond donors (Lipinski definition) is 2. The molecule has 0 bridgehead atoms. The van der Waals surface area contributed by atoms with Gasteiger partial charge in [0.25, 0.3) is 11.5 Å². The van der Waals surface area contributed by atoms with Gasteiger partial charge in [-0.3, -0.25) is 19.3 Å². The Morgan fingerprint density at radius 1 is 1.11 bits per heavy atom. The third-order valence-electron chi connectivity index (χ3n) is 9.05. The van der Waals surface area contributed by atoms with Crippen molar-refractivity contribution >= 4 is 52.1 Å². The van der Waals surface area contributed by atoms with Crippen molar-refractivity contribution in [2.75, 3.05) is 57.6 Å². The van der Waals surface area contributed by atoms with Crippen LogP contribution in [0, 0.1) is 0 Å². The van der Waals surface area contributed by atoms with E-state index in [-0.39, 0.29) is 22.5 Å². The summed E-state index contributed by atoms with van der Waals surface area (Å²) in [5.41, 5.74) is 2.22. The normalized spacial score (nSPS) is 14.8. The lowest BCUT2D eigenvalue weighted by atomic mass is 9.93. The van der Waals surface area contributed by atoms with Crippen LogP contribution in [0.4, 0.5) is 15.7 Å². The number of amides is 2. The van der Waals surface area contributed by atoms with Crippen LogP contribution in [-0.4, -0.2) is 105 Å². The predicted octanol–water partition coefficient (Wildman–Crippen LogP) is 4.56. The minimum Gasteiger partial charge on any atom is -0.497 e. The zero-order chi connectivity index (χ0) is 39.1. The smallest absolute Gasteiger partial charge is 0.407 e. The fourth-order valence-corrected chi connectivity index (χ4v) is 6.96. The number of nitrogens with one attached hydrogen (secondary N) is 2. The lowest BCUT2D eigenvalue weighted by molar-refractivity contribution is 0.0880. The first kappa shape index (κ1) is 39.0. The van der Waals surface area contributed by atoms with Gasteiger partial charge in [0.1, 0.15) is 23.3 Å². The molecule has 5 heterocycles. The van der Waals surface area contributed by atoms with Gasteiger partial charge in [-0.2, -0.15) is 0 Å². The maximum atomic E-state index is 14.3. The van der Waals surface area contributed by atoms with E-state index in [1.54, 1.807) is 42.3 Å². The van der Waals surface area contributed by atoms with Gasteiger partial charge in [0.2, 0.25) is 0 Å². The summed E-state index contributed by atoms with van der Waals surface area (Å²) >= 11 is 1.36. The minimum absolute atomic E-state index is 0.160. The minimum atomic E-state index is -0.480. The van der Waals surface area contributed by atoms with Crippen molar-refractivity contribution in [2.45, 2.75) is 58.1 Å². The molecule has 0 spiro atoms. The molecule has 16 nitrogen and oxygen atoms in total. The molecule has 0 saturated carbocycles. The second-order valence-corrected chi connectivity index (χ2v) is 15.5. The number of carbonyl (C=O) groups is 2. The first-order valence-corrected chi connectivity index (χ1v) is 19.0. The molecule has 0 unspecified atom stereocenters. The zero-order valence-corrected chi connectivity index (χ0v) is 32.8. The molecule has 4 aromatic heterocycles. The summed E-state index contributed by atoms with van der Waals surface area (Å²) in [5.74, 6) is 1.19. The number of thiazole rings is 1. The average molecular weight is 770 g/mol. The van der Waals surface area contributed by atoms with E-state index in [0.29, 0.717) is 66.9 Å². The monoisotopic (exact) mass is 769 g/mol. The van der Waals surface area contributed by atoms with Gasteiger partial charge < -0.3 is 24.6 Å². The number of nitrogens with zero attached hydrogens (tertiary/aromatic N) is 9. The summed E-state index contributed by atoms with van der Waals surface area (Å²) in [6.45, 7) is 8.81. The van der Waals surface area contributed by atoms with E-state index in [4.69, 9.17) is 14.5 Å². The highest BCUT2D eigenvalue weighted by Crippen LogP contribution is 2.28. The number of carbonyl (C=O) groups excluding carboxylic acids is 2. The number of tetrazole rings is 1. The van der Waals surface area contributed by atoms with Crippen LogP contribution in [0.1, 0.15) is 73.0 Å². The molecule has 55 heavy (non-hydrogen) atoms. The highest BCUT2D eigenvalue weighted by Gasteiger charge is 2.27. The largest absolute Gasteiger partial charge is 0.497 e. The zero-order valence-electron chi connectivity index (χ0n) is 32.0. The van der Waals surface area contributed by atoms with Gasteiger partial charge in [0.05, 0.1) is 31.5 Å². The molecule has 17 heteroatoms. The number of alkyl carbamates (subject to hydrolysis) is 1. The summed E-state index contributed by atoms with van der Waals surface area (Å²) in [4.78, 5) is 53.9. The van der Waals surface area contributed by atoms with Crippen LogP contribution in [-0.2, 0) is 16.7 Å². The third kappa shape index (κ3) is 9.90. The average Bonchev–Trinajstić information content (AvgIpc) is 3.83. The Bertz CT molecular complexity index is 2200. The molecule has 0 radical (unpaired) electrons. The Labute approximate surface area is 323 Å². The van der Waals surface area contributed by atoms with Crippen LogP contribution in [0.15, 0.2) is 52.8 Å². The third-order valence-corrected chi connectivity index (χ3v) is 9.81. The summed E-state index contributed by atoms with van der Waals surface area (Å²) in [5, 5.41) is 20.3. The molecule has 290 valence electrons. The second kappa shape index (κ2) is 17.2. The molecule has 1 saturated heterocycles. The summed E-state index contributed by atoms with van der Waals surface area (Å²) < 4.78 is 14.1. The van der Waals surface area contributed by atoms with E-state index in [1.807, 2.05) is 48.6 Å². The van der Waals surface area contributed by atoms with Crippen LogP contribution < -0.4 is 25.8 Å². The van der Waals surface area contributed by atoms with Crippen molar-refractivity contribution in [3.8, 4) is 5.75 Å². The lowest BCUT2D eigenvalue weighted by Gasteiger charge is -2.34. The first-order chi connectivity index (χ1) is 26.4. The van der Waals surface area contributed by atoms with Crippen molar-refractivity contribution < 1.29 is 19.1 Å². The molecule has 2 amide bonds. The molecule has 5 aromatic rings. The van der Waals surface area contributed by atoms with Crippen LogP contribution in [0.2, 0.25) is 0 Å². The lowest BCUT2D eigenvalue weighted by Crippen LogP contribution is -2.43. The second-order valence-electron chi connectivity index (χ2n) is 14.6. The Morgan fingerprint density at radius 3 is 2.64 bits per heavy atom. The molecular weight excluding hydrogens is 723 g/mol. The number of rotatable bonds is 13. The van der Waals surface area contributed by atoms with Crippen molar-refractivity contribution in [1.29, 1.82) is 0 Å². The number of benzene rings is 1. The number of pyridine rings is 1. The molecular formula is C38H47N11O5S. The number of fused-ring (bicyclic) bond motifs is 1. The Balaban J connectivity index is 1.30. The van der Waals surface area contributed by atoms with Crippen LogP contribution >= 0.6 is 11.3 Å². The van der Waals surface area contributed by atoms with E-state index in [0.717, 1.165) is 30.0 Å². The van der Waals surface area contributed by atoms with Crippen molar-refractivity contribution in [1.82, 2.24) is 44.8 Å². The number of anilines is 2. The number of methoxy groups -OCH3 is 1. The van der Waals surface area contributed by atoms with E-state index >= 15 is 0 Å². The molecule has 1 aromatic carbocycles. The van der Waals surface area contributed by atoms with Crippen LogP contribution in [0.5, 0.6) is 5.75 Å². The predicted molar refractivity (Wildman–Crippen MR) is 212 cm³/mol. The van der Waals surface area contributed by atoms with Gasteiger partial charge in [-0.05, 0) is 92.3 Å². The van der Waals surface area contributed by atoms with Crippen molar-refractivity contribution in [3.05, 3.63) is 86.5 Å². The topological polar surface area (TPSA) is 174 Å². The molecule has 1 fully saturated rings. The Kier molecular flexibility index (Phi) is 12.2. The quantitative estimate of drug-likeness (QED) is 0.160. The van der Waals surface area contributed by atoms with Crippen LogP contribution in [0.3, 0.4) is 0 Å².